The van der Waals surface area contributed by atoms with Gasteiger partial charge in [-0.3, -0.25) is 0 Å². The Morgan fingerprint density at radius 3 is 2.71 bits per heavy atom. The highest BCUT2D eigenvalue weighted by Gasteiger charge is 2.03. The Kier molecular flexibility index (Phi) is 3.70. The van der Waals surface area contributed by atoms with Crippen LogP contribution in [0.15, 0.2) is 37.2 Å². The first-order valence-corrected chi connectivity index (χ1v) is 5.91. The highest BCUT2D eigenvalue weighted by molar-refractivity contribution is 5.47. The molecule has 0 spiro atoms. The lowest BCUT2D eigenvalue weighted by Crippen LogP contribution is -2.06. The van der Waals surface area contributed by atoms with Crippen molar-refractivity contribution in [3.63, 3.8) is 0 Å². The maximum atomic E-state index is 4.27. The fourth-order valence-electron chi connectivity index (χ4n) is 1.77. The molecule has 0 saturated carbocycles. The Labute approximate surface area is 102 Å². The van der Waals surface area contributed by atoms with E-state index in [-0.39, 0.29) is 0 Å². The van der Waals surface area contributed by atoms with Crippen LogP contribution in [-0.4, -0.2) is 14.8 Å². The predicted molar refractivity (Wildman–Crippen MR) is 69.7 cm³/mol. The number of aryl methyl sites for hydroxylation is 1. The molecule has 0 unspecified atom stereocenters. The summed E-state index contributed by atoms with van der Waals surface area (Å²) in [5.41, 5.74) is 2.37. The highest BCUT2D eigenvalue weighted by Crippen LogP contribution is 2.08. The quantitative estimate of drug-likeness (QED) is 0.786. The molecule has 3 heteroatoms. The minimum absolute atomic E-state index is 0.784. The second-order valence-corrected chi connectivity index (χ2v) is 4.03. The van der Waals surface area contributed by atoms with E-state index in [1.807, 2.05) is 10.8 Å². The Morgan fingerprint density at radius 1 is 1.29 bits per heavy atom. The molecule has 3 nitrogen and oxygen atoms in total. The standard InChI is InChI=1S/C14H17N3/c1-3-5-14-15-11-16-17(14)10-13-8-6-12(4-2)7-9-13/h4,6-9,11H,2-3,5,10H2,1H3. The molecule has 0 radical (unpaired) electrons. The van der Waals surface area contributed by atoms with Crippen LogP contribution >= 0.6 is 0 Å². The number of benzene rings is 1. The van der Waals surface area contributed by atoms with Crippen LogP contribution in [0, 0.1) is 0 Å². The number of hydrogen-bond acceptors (Lipinski definition) is 2. The van der Waals surface area contributed by atoms with Gasteiger partial charge in [0.25, 0.3) is 0 Å². The zero-order valence-corrected chi connectivity index (χ0v) is 10.1. The summed E-state index contributed by atoms with van der Waals surface area (Å²) in [5.74, 6) is 1.06. The van der Waals surface area contributed by atoms with Crippen molar-refractivity contribution in [2.24, 2.45) is 0 Å². The van der Waals surface area contributed by atoms with Gasteiger partial charge in [0.1, 0.15) is 12.2 Å². The first-order valence-electron chi connectivity index (χ1n) is 5.91. The molecule has 0 bridgehead atoms. The van der Waals surface area contributed by atoms with Gasteiger partial charge >= 0.3 is 0 Å². The molecular weight excluding hydrogens is 210 g/mol. The normalized spacial score (nSPS) is 10.4. The summed E-state index contributed by atoms with van der Waals surface area (Å²) in [6, 6.07) is 8.35. The van der Waals surface area contributed by atoms with Gasteiger partial charge in [0.15, 0.2) is 0 Å². The van der Waals surface area contributed by atoms with Gasteiger partial charge in [0, 0.05) is 6.42 Å². The van der Waals surface area contributed by atoms with E-state index in [0.717, 1.165) is 30.8 Å². The molecule has 1 heterocycles. The summed E-state index contributed by atoms with van der Waals surface area (Å²) in [7, 11) is 0. The Balaban J connectivity index is 2.13. The molecule has 0 saturated heterocycles. The summed E-state index contributed by atoms with van der Waals surface area (Å²) in [6.45, 7) is 6.68. The van der Waals surface area contributed by atoms with Gasteiger partial charge in [-0.15, -0.1) is 0 Å². The maximum absolute atomic E-state index is 4.27. The lowest BCUT2D eigenvalue weighted by Gasteiger charge is -2.05. The zero-order chi connectivity index (χ0) is 12.1. The van der Waals surface area contributed by atoms with Crippen molar-refractivity contribution in [2.75, 3.05) is 0 Å². The summed E-state index contributed by atoms with van der Waals surface area (Å²) in [4.78, 5) is 4.27. The van der Waals surface area contributed by atoms with Crippen LogP contribution in [0.2, 0.25) is 0 Å². The van der Waals surface area contributed by atoms with Crippen molar-refractivity contribution in [1.29, 1.82) is 0 Å². The summed E-state index contributed by atoms with van der Waals surface area (Å²) in [6.07, 6.45) is 5.55. The van der Waals surface area contributed by atoms with Gasteiger partial charge < -0.3 is 0 Å². The first kappa shape index (κ1) is 11.6. The topological polar surface area (TPSA) is 30.7 Å². The molecule has 2 aromatic rings. The molecule has 0 aliphatic heterocycles. The molecule has 0 N–H and O–H groups in total. The Morgan fingerprint density at radius 2 is 2.06 bits per heavy atom. The molecule has 1 aromatic carbocycles. The average Bonchev–Trinajstić information content (AvgIpc) is 2.78. The largest absolute Gasteiger partial charge is 0.246 e. The molecule has 1 aromatic heterocycles. The Bertz CT molecular complexity index is 482. The van der Waals surface area contributed by atoms with Crippen LogP contribution in [0.25, 0.3) is 6.08 Å². The van der Waals surface area contributed by atoms with E-state index in [9.17, 15) is 0 Å². The van der Waals surface area contributed by atoms with Crippen LogP contribution in [-0.2, 0) is 13.0 Å². The monoisotopic (exact) mass is 227 g/mol. The van der Waals surface area contributed by atoms with Crippen molar-refractivity contribution >= 4 is 6.08 Å². The number of hydrogen-bond donors (Lipinski definition) is 0. The Hall–Kier alpha value is -1.90. The molecule has 0 aliphatic carbocycles. The van der Waals surface area contributed by atoms with Gasteiger partial charge in [-0.05, 0) is 17.5 Å². The van der Waals surface area contributed by atoms with E-state index in [0.29, 0.717) is 0 Å². The maximum Gasteiger partial charge on any atom is 0.138 e. The molecule has 17 heavy (non-hydrogen) atoms. The lowest BCUT2D eigenvalue weighted by molar-refractivity contribution is 0.629. The van der Waals surface area contributed by atoms with E-state index in [1.54, 1.807) is 6.33 Å². The van der Waals surface area contributed by atoms with Crippen LogP contribution < -0.4 is 0 Å². The summed E-state index contributed by atoms with van der Waals surface area (Å²) < 4.78 is 1.96. The fraction of sp³-hybridized carbons (Fsp3) is 0.286. The molecule has 2 rings (SSSR count). The molecule has 0 amide bonds. The van der Waals surface area contributed by atoms with Crippen molar-refractivity contribution in [2.45, 2.75) is 26.3 Å². The zero-order valence-electron chi connectivity index (χ0n) is 10.1. The van der Waals surface area contributed by atoms with E-state index in [2.05, 4.69) is 47.9 Å². The van der Waals surface area contributed by atoms with Crippen molar-refractivity contribution in [1.82, 2.24) is 14.8 Å². The van der Waals surface area contributed by atoms with Gasteiger partial charge in [0.05, 0.1) is 6.54 Å². The lowest BCUT2D eigenvalue weighted by atomic mass is 10.1. The fourth-order valence-corrected chi connectivity index (χ4v) is 1.77. The second-order valence-electron chi connectivity index (χ2n) is 4.03. The minimum Gasteiger partial charge on any atom is -0.246 e. The van der Waals surface area contributed by atoms with Crippen LogP contribution in [0.4, 0.5) is 0 Å². The van der Waals surface area contributed by atoms with Crippen molar-refractivity contribution < 1.29 is 0 Å². The van der Waals surface area contributed by atoms with E-state index in [4.69, 9.17) is 0 Å². The molecular formula is C14H17N3. The SMILES string of the molecule is C=Cc1ccc(Cn2ncnc2CCC)cc1. The van der Waals surface area contributed by atoms with Gasteiger partial charge in [-0.25, -0.2) is 9.67 Å². The molecule has 88 valence electrons. The van der Waals surface area contributed by atoms with Gasteiger partial charge in [0.2, 0.25) is 0 Å². The highest BCUT2D eigenvalue weighted by atomic mass is 15.3. The second kappa shape index (κ2) is 5.43. The smallest absolute Gasteiger partial charge is 0.138 e. The van der Waals surface area contributed by atoms with E-state index >= 15 is 0 Å². The molecule has 0 fully saturated rings. The summed E-state index contributed by atoms with van der Waals surface area (Å²) >= 11 is 0. The molecule has 0 atom stereocenters. The predicted octanol–water partition coefficient (Wildman–Crippen LogP) is 2.92. The van der Waals surface area contributed by atoms with E-state index < -0.39 is 0 Å². The van der Waals surface area contributed by atoms with Gasteiger partial charge in [-0.2, -0.15) is 5.10 Å². The van der Waals surface area contributed by atoms with Crippen molar-refractivity contribution in [3.8, 4) is 0 Å². The number of aromatic nitrogens is 3. The third-order valence-corrected chi connectivity index (χ3v) is 2.72. The summed E-state index contributed by atoms with van der Waals surface area (Å²) in [5, 5.41) is 4.26. The third-order valence-electron chi connectivity index (χ3n) is 2.72. The number of nitrogens with zero attached hydrogens (tertiary/aromatic N) is 3. The van der Waals surface area contributed by atoms with E-state index in [1.165, 1.54) is 5.56 Å². The minimum atomic E-state index is 0.784. The van der Waals surface area contributed by atoms with Crippen LogP contribution in [0.3, 0.4) is 0 Å². The van der Waals surface area contributed by atoms with Crippen LogP contribution in [0.5, 0.6) is 0 Å². The average molecular weight is 227 g/mol. The van der Waals surface area contributed by atoms with Gasteiger partial charge in [-0.1, -0.05) is 43.8 Å². The van der Waals surface area contributed by atoms with Crippen LogP contribution in [0.1, 0.15) is 30.3 Å². The first-order chi connectivity index (χ1) is 8.33. The molecule has 0 aliphatic rings. The third kappa shape index (κ3) is 2.81. The number of rotatable bonds is 5. The van der Waals surface area contributed by atoms with Crippen molar-refractivity contribution in [3.05, 3.63) is 54.1 Å².